The van der Waals surface area contributed by atoms with Crippen molar-refractivity contribution in [2.24, 2.45) is 5.73 Å². The zero-order chi connectivity index (χ0) is 25.7. The van der Waals surface area contributed by atoms with Gasteiger partial charge in [0.05, 0.1) is 16.9 Å². The van der Waals surface area contributed by atoms with Crippen molar-refractivity contribution in [3.8, 4) is 0 Å². The molecule has 13 heteroatoms. The van der Waals surface area contributed by atoms with Crippen molar-refractivity contribution in [3.05, 3.63) is 65.7 Å². The number of benzene rings is 2. The highest BCUT2D eigenvalue weighted by Crippen LogP contribution is 2.34. The lowest BCUT2D eigenvalue weighted by atomic mass is 9.97. The van der Waals surface area contributed by atoms with Gasteiger partial charge in [-0.2, -0.15) is 17.5 Å². The van der Waals surface area contributed by atoms with E-state index in [0.29, 0.717) is 13.0 Å². The molecule has 2 aromatic carbocycles. The van der Waals surface area contributed by atoms with Gasteiger partial charge in [0.2, 0.25) is 10.0 Å². The van der Waals surface area contributed by atoms with Crippen LogP contribution in [0.5, 0.6) is 0 Å². The molecular formula is C21H25F3N2O6S2. The van der Waals surface area contributed by atoms with Gasteiger partial charge in [-0.05, 0) is 35.6 Å². The van der Waals surface area contributed by atoms with Crippen molar-refractivity contribution >= 4 is 25.8 Å². The molecule has 3 N–H and O–H groups in total. The standard InChI is InChI=1S/C19H24N2O4S2.C2HF3O2/c1-26(22,23)21-13-17(16-7-3-2-4-8-16)11-18(21)14-27(24,25)19-9-5-6-15(10-19)12-20;3-2(4,5)1(6)7/h2-10,17-18H,11-14,20H2,1H3;(H,6,7). The number of rotatable bonds is 6. The second-order valence-electron chi connectivity index (χ2n) is 7.77. The van der Waals surface area contributed by atoms with Gasteiger partial charge in [-0.1, -0.05) is 42.5 Å². The first-order valence-electron chi connectivity index (χ1n) is 9.98. The molecule has 34 heavy (non-hydrogen) atoms. The summed E-state index contributed by atoms with van der Waals surface area (Å²) in [4.78, 5) is 9.08. The summed E-state index contributed by atoms with van der Waals surface area (Å²) in [6.45, 7) is 0.546. The van der Waals surface area contributed by atoms with E-state index < -0.39 is 38.0 Å². The predicted molar refractivity (Wildman–Crippen MR) is 119 cm³/mol. The number of carbonyl (C=O) groups is 1. The Labute approximate surface area is 196 Å². The number of nitrogens with two attached hydrogens (primary N) is 1. The fourth-order valence-electron chi connectivity index (χ4n) is 3.63. The largest absolute Gasteiger partial charge is 0.490 e. The van der Waals surface area contributed by atoms with Crippen molar-refractivity contribution in [2.75, 3.05) is 18.6 Å². The minimum Gasteiger partial charge on any atom is -0.475 e. The summed E-state index contributed by atoms with van der Waals surface area (Å²) in [6.07, 6.45) is -3.47. The number of carboxylic acid groups (broad SMARTS) is 1. The topological polar surface area (TPSA) is 135 Å². The molecule has 1 fully saturated rings. The minimum atomic E-state index is -5.08. The predicted octanol–water partition coefficient (Wildman–Crippen LogP) is 2.37. The molecule has 0 bridgehead atoms. The van der Waals surface area contributed by atoms with Crippen LogP contribution < -0.4 is 5.73 Å². The lowest BCUT2D eigenvalue weighted by molar-refractivity contribution is -0.192. The van der Waals surface area contributed by atoms with Gasteiger partial charge in [0, 0.05) is 19.1 Å². The smallest absolute Gasteiger partial charge is 0.475 e. The quantitative estimate of drug-likeness (QED) is 0.595. The molecule has 1 aliphatic heterocycles. The van der Waals surface area contributed by atoms with Crippen LogP contribution in [0.25, 0.3) is 0 Å². The molecule has 0 saturated carbocycles. The zero-order valence-electron chi connectivity index (χ0n) is 18.1. The van der Waals surface area contributed by atoms with E-state index in [-0.39, 0.29) is 23.1 Å². The summed E-state index contributed by atoms with van der Waals surface area (Å²) in [5.74, 6) is -3.01. The summed E-state index contributed by atoms with van der Waals surface area (Å²) in [7, 11) is -7.15. The highest BCUT2D eigenvalue weighted by molar-refractivity contribution is 7.91. The molecule has 2 unspecified atom stereocenters. The number of halogens is 3. The second kappa shape index (κ2) is 10.8. The van der Waals surface area contributed by atoms with Crippen LogP contribution in [0.2, 0.25) is 0 Å². The van der Waals surface area contributed by atoms with Crippen molar-refractivity contribution in [3.63, 3.8) is 0 Å². The van der Waals surface area contributed by atoms with E-state index in [9.17, 15) is 30.0 Å². The number of sulfone groups is 1. The molecule has 1 heterocycles. The monoisotopic (exact) mass is 522 g/mol. The van der Waals surface area contributed by atoms with Gasteiger partial charge in [0.1, 0.15) is 0 Å². The van der Waals surface area contributed by atoms with Gasteiger partial charge in [-0.25, -0.2) is 21.6 Å². The van der Waals surface area contributed by atoms with Gasteiger partial charge < -0.3 is 10.8 Å². The van der Waals surface area contributed by atoms with Gasteiger partial charge in [-0.3, -0.25) is 0 Å². The molecule has 2 atom stereocenters. The van der Waals surface area contributed by atoms with Crippen molar-refractivity contribution in [2.45, 2.75) is 36.0 Å². The molecular weight excluding hydrogens is 497 g/mol. The van der Waals surface area contributed by atoms with Crippen LogP contribution in [0, 0.1) is 0 Å². The molecule has 3 rings (SSSR count). The minimum absolute atomic E-state index is 0.0171. The first kappa shape index (κ1) is 27.8. The van der Waals surface area contributed by atoms with Crippen molar-refractivity contribution in [1.29, 1.82) is 0 Å². The van der Waals surface area contributed by atoms with Crippen LogP contribution in [-0.2, 0) is 31.2 Å². The molecule has 188 valence electrons. The van der Waals surface area contributed by atoms with Crippen molar-refractivity contribution in [1.82, 2.24) is 4.31 Å². The Morgan fingerprint density at radius 1 is 1.09 bits per heavy atom. The van der Waals surface area contributed by atoms with Crippen LogP contribution in [0.4, 0.5) is 13.2 Å². The second-order valence-corrected chi connectivity index (χ2v) is 11.7. The molecule has 1 saturated heterocycles. The van der Waals surface area contributed by atoms with Crippen LogP contribution in [0.1, 0.15) is 23.5 Å². The van der Waals surface area contributed by atoms with Crippen LogP contribution >= 0.6 is 0 Å². The Bertz CT molecular complexity index is 1200. The maximum absolute atomic E-state index is 12.9. The Hall–Kier alpha value is -2.48. The Morgan fingerprint density at radius 2 is 1.68 bits per heavy atom. The fraction of sp³-hybridized carbons (Fsp3) is 0.381. The Morgan fingerprint density at radius 3 is 2.18 bits per heavy atom. The summed E-state index contributed by atoms with van der Waals surface area (Å²) < 4.78 is 83.4. The number of nitrogens with zero attached hydrogens (tertiary/aromatic N) is 1. The number of alkyl halides is 3. The highest BCUT2D eigenvalue weighted by atomic mass is 32.2. The third-order valence-electron chi connectivity index (χ3n) is 5.21. The van der Waals surface area contributed by atoms with E-state index in [4.69, 9.17) is 15.6 Å². The van der Waals surface area contributed by atoms with E-state index in [1.807, 2.05) is 30.3 Å². The molecule has 0 amide bonds. The summed E-state index contributed by atoms with van der Waals surface area (Å²) in [5.41, 5.74) is 7.36. The third-order valence-corrected chi connectivity index (χ3v) is 8.30. The highest BCUT2D eigenvalue weighted by Gasteiger charge is 2.40. The van der Waals surface area contributed by atoms with E-state index in [1.54, 1.807) is 18.2 Å². The number of hydrogen-bond acceptors (Lipinski definition) is 6. The van der Waals surface area contributed by atoms with Crippen LogP contribution in [0.3, 0.4) is 0 Å². The third kappa shape index (κ3) is 7.52. The zero-order valence-corrected chi connectivity index (χ0v) is 19.8. The maximum Gasteiger partial charge on any atom is 0.490 e. The molecule has 0 radical (unpaired) electrons. The van der Waals surface area contributed by atoms with Gasteiger partial charge in [0.25, 0.3) is 0 Å². The molecule has 8 nitrogen and oxygen atoms in total. The van der Waals surface area contributed by atoms with E-state index in [0.717, 1.165) is 17.4 Å². The Kier molecular flexibility index (Phi) is 8.86. The number of sulfonamides is 1. The van der Waals surface area contributed by atoms with E-state index in [2.05, 4.69) is 0 Å². The van der Waals surface area contributed by atoms with Crippen molar-refractivity contribution < 1.29 is 39.9 Å². The SMILES string of the molecule is CS(=O)(=O)N1CC(c2ccccc2)CC1CS(=O)(=O)c1cccc(CN)c1.O=C(O)C(F)(F)F. The first-order chi connectivity index (χ1) is 15.6. The molecule has 0 aromatic heterocycles. The average molecular weight is 523 g/mol. The lowest BCUT2D eigenvalue weighted by Crippen LogP contribution is -2.39. The first-order valence-corrected chi connectivity index (χ1v) is 13.5. The summed E-state index contributed by atoms with van der Waals surface area (Å²) in [6, 6.07) is 15.5. The molecule has 1 aliphatic rings. The van der Waals surface area contributed by atoms with E-state index >= 15 is 0 Å². The normalized spacial score (nSPS) is 19.3. The van der Waals surface area contributed by atoms with Crippen LogP contribution in [0.15, 0.2) is 59.5 Å². The molecule has 0 aliphatic carbocycles. The molecule has 2 aromatic rings. The maximum atomic E-state index is 12.9. The lowest BCUT2D eigenvalue weighted by Gasteiger charge is -2.22. The fourth-order valence-corrected chi connectivity index (χ4v) is 6.51. The Balaban J connectivity index is 0.000000509. The number of aliphatic carboxylic acids is 1. The summed E-state index contributed by atoms with van der Waals surface area (Å²) in [5, 5.41) is 7.12. The molecule has 0 spiro atoms. The summed E-state index contributed by atoms with van der Waals surface area (Å²) >= 11 is 0. The average Bonchev–Trinajstić information content (AvgIpc) is 3.18. The number of carboxylic acids is 1. The van der Waals surface area contributed by atoms with Gasteiger partial charge >= 0.3 is 12.1 Å². The van der Waals surface area contributed by atoms with Gasteiger partial charge in [0.15, 0.2) is 9.84 Å². The van der Waals surface area contributed by atoms with Crippen LogP contribution in [-0.4, -0.2) is 63.0 Å². The van der Waals surface area contributed by atoms with Gasteiger partial charge in [-0.15, -0.1) is 0 Å². The number of hydrogen-bond donors (Lipinski definition) is 2. The van der Waals surface area contributed by atoms with E-state index in [1.165, 1.54) is 10.4 Å².